The number of nitrogens with one attached hydrogen (secondary N) is 1. The highest BCUT2D eigenvalue weighted by molar-refractivity contribution is 5.80. The van der Waals surface area contributed by atoms with E-state index in [1.807, 2.05) is 24.0 Å². The number of rotatable bonds is 3. The molecule has 0 spiro atoms. The lowest BCUT2D eigenvalue weighted by Gasteiger charge is -2.22. The summed E-state index contributed by atoms with van der Waals surface area (Å²) in [7, 11) is 1.89. The number of fused-ring (bicyclic) bond motifs is 1. The van der Waals surface area contributed by atoms with Gasteiger partial charge in [-0.1, -0.05) is 25.0 Å². The van der Waals surface area contributed by atoms with Gasteiger partial charge in [0.05, 0.1) is 5.69 Å². The quantitative estimate of drug-likeness (QED) is 0.691. The topological polar surface area (TPSA) is 45.5 Å². The standard InChI is InChI=1S/C20H27N5/c1-21-20(24-14-17-5-2-3-6-18(17)15-24)22-13-16-7-9-19(10-8-16)25-12-4-11-23-25/h4,7-12,17-18H,2-3,5-6,13-15H2,1H3,(H,21,22). The van der Waals surface area contributed by atoms with E-state index in [-0.39, 0.29) is 0 Å². The number of likely N-dealkylation sites (tertiary alicyclic amines) is 1. The van der Waals surface area contributed by atoms with Gasteiger partial charge in [0.25, 0.3) is 0 Å². The van der Waals surface area contributed by atoms with Crippen molar-refractivity contribution in [2.24, 2.45) is 16.8 Å². The van der Waals surface area contributed by atoms with Crippen LogP contribution < -0.4 is 5.32 Å². The van der Waals surface area contributed by atoms with E-state index in [9.17, 15) is 0 Å². The summed E-state index contributed by atoms with van der Waals surface area (Å²) in [6.45, 7) is 3.14. The van der Waals surface area contributed by atoms with Crippen LogP contribution in [0.25, 0.3) is 5.69 Å². The van der Waals surface area contributed by atoms with Crippen LogP contribution in [0.5, 0.6) is 0 Å². The van der Waals surface area contributed by atoms with Crippen LogP contribution in [0.3, 0.4) is 0 Å². The normalized spacial score (nSPS) is 23.6. The fourth-order valence-electron chi connectivity index (χ4n) is 4.28. The minimum absolute atomic E-state index is 0.803. The Morgan fingerprint density at radius 3 is 2.48 bits per heavy atom. The highest BCUT2D eigenvalue weighted by atomic mass is 15.3. The van der Waals surface area contributed by atoms with Gasteiger partial charge in [-0.3, -0.25) is 4.99 Å². The van der Waals surface area contributed by atoms with Crippen molar-refractivity contribution in [2.45, 2.75) is 32.2 Å². The summed E-state index contributed by atoms with van der Waals surface area (Å²) in [5, 5.41) is 7.81. The molecule has 1 aromatic heterocycles. The molecule has 2 unspecified atom stereocenters. The van der Waals surface area contributed by atoms with Gasteiger partial charge in [-0.15, -0.1) is 0 Å². The number of hydrogen-bond donors (Lipinski definition) is 1. The third kappa shape index (κ3) is 3.55. The van der Waals surface area contributed by atoms with Crippen LogP contribution >= 0.6 is 0 Å². The third-order valence-corrected chi connectivity index (χ3v) is 5.64. The molecule has 5 nitrogen and oxygen atoms in total. The van der Waals surface area contributed by atoms with Gasteiger partial charge in [0.15, 0.2) is 5.96 Å². The minimum Gasteiger partial charge on any atom is -0.352 e. The predicted octanol–water partition coefficient (Wildman–Crippen LogP) is 3.07. The summed E-state index contributed by atoms with van der Waals surface area (Å²) in [4.78, 5) is 6.98. The molecule has 25 heavy (non-hydrogen) atoms. The zero-order valence-corrected chi connectivity index (χ0v) is 14.9. The first-order chi connectivity index (χ1) is 12.3. The first kappa shape index (κ1) is 16.2. The Kier molecular flexibility index (Phi) is 4.72. The van der Waals surface area contributed by atoms with E-state index < -0.39 is 0 Å². The van der Waals surface area contributed by atoms with E-state index in [0.29, 0.717) is 0 Å². The van der Waals surface area contributed by atoms with E-state index in [1.165, 1.54) is 44.3 Å². The molecule has 4 rings (SSSR count). The van der Waals surface area contributed by atoms with Crippen molar-refractivity contribution in [3.05, 3.63) is 48.3 Å². The van der Waals surface area contributed by atoms with Gasteiger partial charge in [-0.25, -0.2) is 4.68 Å². The Morgan fingerprint density at radius 1 is 1.16 bits per heavy atom. The molecular formula is C20H27N5. The lowest BCUT2D eigenvalue weighted by molar-refractivity contribution is 0.299. The summed E-state index contributed by atoms with van der Waals surface area (Å²) in [5.74, 6) is 2.80. The van der Waals surface area contributed by atoms with Gasteiger partial charge in [-0.05, 0) is 48.4 Å². The lowest BCUT2D eigenvalue weighted by Crippen LogP contribution is -2.39. The van der Waals surface area contributed by atoms with Crippen molar-refractivity contribution in [1.29, 1.82) is 0 Å². The molecule has 5 heteroatoms. The third-order valence-electron chi connectivity index (χ3n) is 5.64. The molecule has 1 aliphatic carbocycles. The average Bonchev–Trinajstić information content (AvgIpc) is 3.32. The second-order valence-electron chi connectivity index (χ2n) is 7.23. The number of aliphatic imine (C=N–C) groups is 1. The maximum absolute atomic E-state index is 4.52. The molecule has 1 saturated carbocycles. The molecule has 1 aromatic carbocycles. The smallest absolute Gasteiger partial charge is 0.193 e. The molecular weight excluding hydrogens is 310 g/mol. The molecule has 132 valence electrons. The molecule has 2 heterocycles. The molecule has 2 fully saturated rings. The van der Waals surface area contributed by atoms with Crippen molar-refractivity contribution in [2.75, 3.05) is 20.1 Å². The van der Waals surface area contributed by atoms with Crippen molar-refractivity contribution in [3.8, 4) is 5.69 Å². The first-order valence-electron chi connectivity index (χ1n) is 9.38. The second-order valence-corrected chi connectivity index (χ2v) is 7.23. The van der Waals surface area contributed by atoms with Crippen molar-refractivity contribution < 1.29 is 0 Å². The summed E-state index contributed by atoms with van der Waals surface area (Å²) in [5.41, 5.74) is 2.34. The maximum atomic E-state index is 4.52. The van der Waals surface area contributed by atoms with Gasteiger partial charge >= 0.3 is 0 Å². The SMILES string of the molecule is CN=C(NCc1ccc(-n2cccn2)cc1)N1CC2CCCCC2C1. The Hall–Kier alpha value is -2.30. The van der Waals surface area contributed by atoms with Crippen LogP contribution in [0.1, 0.15) is 31.2 Å². The molecule has 0 amide bonds. The Bertz CT molecular complexity index is 690. The highest BCUT2D eigenvalue weighted by Gasteiger charge is 2.35. The Balaban J connectivity index is 1.35. The van der Waals surface area contributed by atoms with E-state index in [0.717, 1.165) is 30.0 Å². The average molecular weight is 337 g/mol. The molecule has 1 aliphatic heterocycles. The molecule has 1 N–H and O–H groups in total. The number of hydrogen-bond acceptors (Lipinski definition) is 2. The van der Waals surface area contributed by atoms with E-state index in [4.69, 9.17) is 0 Å². The van der Waals surface area contributed by atoms with Gasteiger partial charge in [0.2, 0.25) is 0 Å². The zero-order valence-electron chi connectivity index (χ0n) is 14.9. The van der Waals surface area contributed by atoms with Crippen molar-refractivity contribution in [1.82, 2.24) is 20.0 Å². The van der Waals surface area contributed by atoms with Crippen molar-refractivity contribution >= 4 is 5.96 Å². The molecule has 2 aromatic rings. The summed E-state index contributed by atoms with van der Waals surface area (Å²) < 4.78 is 1.88. The number of aromatic nitrogens is 2. The van der Waals surface area contributed by atoms with E-state index >= 15 is 0 Å². The van der Waals surface area contributed by atoms with Crippen LogP contribution in [-0.4, -0.2) is 40.8 Å². The molecule has 2 atom stereocenters. The van der Waals surface area contributed by atoms with Crippen LogP contribution in [0.4, 0.5) is 0 Å². The molecule has 1 saturated heterocycles. The number of guanidine groups is 1. The molecule has 0 radical (unpaired) electrons. The summed E-state index contributed by atoms with van der Waals surface area (Å²) >= 11 is 0. The van der Waals surface area contributed by atoms with Crippen molar-refractivity contribution in [3.63, 3.8) is 0 Å². The second kappa shape index (κ2) is 7.30. The largest absolute Gasteiger partial charge is 0.352 e. The van der Waals surface area contributed by atoms with Gasteiger partial charge in [-0.2, -0.15) is 5.10 Å². The van der Waals surface area contributed by atoms with Gasteiger partial charge < -0.3 is 10.2 Å². The summed E-state index contributed by atoms with van der Waals surface area (Å²) in [6.07, 6.45) is 9.36. The van der Waals surface area contributed by atoms with E-state index in [2.05, 4.69) is 44.6 Å². The van der Waals surface area contributed by atoms with Gasteiger partial charge in [0, 0.05) is 39.1 Å². The number of benzene rings is 1. The van der Waals surface area contributed by atoms with Crippen LogP contribution in [0, 0.1) is 11.8 Å². The minimum atomic E-state index is 0.803. The monoisotopic (exact) mass is 337 g/mol. The Labute approximate surface area is 149 Å². The van der Waals surface area contributed by atoms with Crippen LogP contribution in [0.2, 0.25) is 0 Å². The lowest BCUT2D eigenvalue weighted by atomic mass is 9.82. The van der Waals surface area contributed by atoms with Crippen LogP contribution in [-0.2, 0) is 6.54 Å². The van der Waals surface area contributed by atoms with Crippen LogP contribution in [0.15, 0.2) is 47.7 Å². The number of nitrogens with zero attached hydrogens (tertiary/aromatic N) is 4. The maximum Gasteiger partial charge on any atom is 0.193 e. The molecule has 0 bridgehead atoms. The highest BCUT2D eigenvalue weighted by Crippen LogP contribution is 2.35. The van der Waals surface area contributed by atoms with E-state index in [1.54, 1.807) is 6.20 Å². The first-order valence-corrected chi connectivity index (χ1v) is 9.38. The fourth-order valence-corrected chi connectivity index (χ4v) is 4.28. The zero-order chi connectivity index (χ0) is 17.1. The summed E-state index contributed by atoms with van der Waals surface area (Å²) in [6, 6.07) is 10.5. The predicted molar refractivity (Wildman–Crippen MR) is 101 cm³/mol. The molecule has 2 aliphatic rings. The fraction of sp³-hybridized carbons (Fsp3) is 0.500. The van der Waals surface area contributed by atoms with Gasteiger partial charge in [0.1, 0.15) is 0 Å². The Morgan fingerprint density at radius 2 is 1.88 bits per heavy atom.